The Morgan fingerprint density at radius 1 is 1.06 bits per heavy atom. The molecule has 2 heterocycles. The van der Waals surface area contributed by atoms with Gasteiger partial charge in [0.2, 0.25) is 11.8 Å². The van der Waals surface area contributed by atoms with E-state index in [0.717, 1.165) is 16.3 Å². The number of nitrogens with one attached hydrogen (secondary N) is 1. The highest BCUT2D eigenvalue weighted by Crippen LogP contribution is 2.23. The monoisotopic (exact) mass is 508 g/mol. The summed E-state index contributed by atoms with van der Waals surface area (Å²) in [5.41, 5.74) is 0.00426. The van der Waals surface area contributed by atoms with Gasteiger partial charge < -0.3 is 15.2 Å². The van der Waals surface area contributed by atoms with Gasteiger partial charge in [0, 0.05) is 16.8 Å². The molecule has 0 amide bonds. The van der Waals surface area contributed by atoms with Crippen LogP contribution in [0.25, 0.3) is 0 Å². The predicted molar refractivity (Wildman–Crippen MR) is 132 cm³/mol. The Kier molecular flexibility index (Phi) is 7.11. The number of halogens is 1. The zero-order valence-corrected chi connectivity index (χ0v) is 20.0. The number of anilines is 2. The standard InChI is InChI=1S/C24H21ClN6O5/c1-14(2)31-23(34)29-22(30(24(31)35)13-15-3-5-16(25)6-4-15)28-17-7-9-18(10-8-17)36-20-12-26-19(11-27-20)21(32)33/h3-12,14H,13H2,1-2H3,(H,32,33)(H,28,29,34). The topological polar surface area (TPSA) is 141 Å². The van der Waals surface area contributed by atoms with Crippen LogP contribution in [0, 0.1) is 0 Å². The maximum Gasteiger partial charge on any atom is 0.356 e. The first kappa shape index (κ1) is 24.6. The van der Waals surface area contributed by atoms with Crippen LogP contribution in [-0.2, 0) is 6.54 Å². The van der Waals surface area contributed by atoms with Gasteiger partial charge >= 0.3 is 17.3 Å². The first-order chi connectivity index (χ1) is 17.2. The molecule has 0 aliphatic rings. The van der Waals surface area contributed by atoms with Gasteiger partial charge in [-0.15, -0.1) is 0 Å². The Morgan fingerprint density at radius 2 is 1.75 bits per heavy atom. The third-order valence-electron chi connectivity index (χ3n) is 5.05. The van der Waals surface area contributed by atoms with Gasteiger partial charge in [0.15, 0.2) is 5.69 Å². The van der Waals surface area contributed by atoms with Crippen molar-refractivity contribution in [1.82, 2.24) is 24.1 Å². The lowest BCUT2D eigenvalue weighted by molar-refractivity contribution is 0.0690. The van der Waals surface area contributed by atoms with Crippen molar-refractivity contribution >= 4 is 29.2 Å². The van der Waals surface area contributed by atoms with Crippen LogP contribution in [-0.4, -0.2) is 35.2 Å². The molecule has 0 atom stereocenters. The van der Waals surface area contributed by atoms with Gasteiger partial charge in [-0.05, 0) is 55.8 Å². The van der Waals surface area contributed by atoms with Crippen molar-refractivity contribution in [3.05, 3.63) is 98.2 Å². The van der Waals surface area contributed by atoms with Crippen LogP contribution in [0.3, 0.4) is 0 Å². The summed E-state index contributed by atoms with van der Waals surface area (Å²) in [6.45, 7) is 3.65. The SMILES string of the molecule is CC(C)n1c(=O)nc(Nc2ccc(Oc3cnc(C(=O)O)cn3)cc2)n(Cc2ccc(Cl)cc2)c1=O. The van der Waals surface area contributed by atoms with Crippen molar-refractivity contribution in [1.29, 1.82) is 0 Å². The maximum absolute atomic E-state index is 13.2. The van der Waals surface area contributed by atoms with E-state index < -0.39 is 17.3 Å². The van der Waals surface area contributed by atoms with Gasteiger partial charge in [0.25, 0.3) is 0 Å². The quantitative estimate of drug-likeness (QED) is 0.364. The first-order valence-corrected chi connectivity index (χ1v) is 11.2. The van der Waals surface area contributed by atoms with Crippen LogP contribution >= 0.6 is 11.6 Å². The van der Waals surface area contributed by atoms with Gasteiger partial charge in [0.05, 0.1) is 18.9 Å². The lowest BCUT2D eigenvalue weighted by Crippen LogP contribution is -2.43. The number of ether oxygens (including phenoxy) is 1. The number of aromatic carboxylic acids is 1. The highest BCUT2D eigenvalue weighted by molar-refractivity contribution is 6.30. The normalized spacial score (nSPS) is 10.9. The Balaban J connectivity index is 1.60. The van der Waals surface area contributed by atoms with Gasteiger partial charge in [0.1, 0.15) is 5.75 Å². The molecule has 184 valence electrons. The first-order valence-electron chi connectivity index (χ1n) is 10.8. The molecule has 2 aromatic carbocycles. The van der Waals surface area contributed by atoms with E-state index in [2.05, 4.69) is 20.3 Å². The molecule has 36 heavy (non-hydrogen) atoms. The van der Waals surface area contributed by atoms with E-state index in [0.29, 0.717) is 16.5 Å². The molecular weight excluding hydrogens is 488 g/mol. The molecule has 11 nitrogen and oxygen atoms in total. The highest BCUT2D eigenvalue weighted by Gasteiger charge is 2.16. The van der Waals surface area contributed by atoms with Crippen LogP contribution in [0.1, 0.15) is 35.9 Å². The fourth-order valence-corrected chi connectivity index (χ4v) is 3.42. The molecule has 0 bridgehead atoms. The Labute approximate surface area is 209 Å². The lowest BCUT2D eigenvalue weighted by atomic mass is 10.2. The Bertz CT molecular complexity index is 1500. The van der Waals surface area contributed by atoms with E-state index in [1.807, 2.05) is 0 Å². The maximum atomic E-state index is 13.2. The Hall–Kier alpha value is -4.51. The third kappa shape index (κ3) is 5.58. The molecule has 12 heteroatoms. The molecule has 4 aromatic rings. The number of carbonyl (C=O) groups is 1. The summed E-state index contributed by atoms with van der Waals surface area (Å²) in [6.07, 6.45) is 2.30. The van der Waals surface area contributed by atoms with Gasteiger partial charge in [-0.1, -0.05) is 23.7 Å². The predicted octanol–water partition coefficient (Wildman–Crippen LogP) is 3.71. The summed E-state index contributed by atoms with van der Waals surface area (Å²) >= 11 is 5.98. The van der Waals surface area contributed by atoms with Crippen molar-refractivity contribution in [2.24, 2.45) is 0 Å². The molecule has 0 fully saturated rings. The van der Waals surface area contributed by atoms with Crippen molar-refractivity contribution in [2.75, 3.05) is 5.32 Å². The number of hydrogen-bond donors (Lipinski definition) is 2. The zero-order chi connectivity index (χ0) is 25.8. The molecule has 0 aliphatic heterocycles. The van der Waals surface area contributed by atoms with Crippen molar-refractivity contribution < 1.29 is 14.6 Å². The van der Waals surface area contributed by atoms with E-state index >= 15 is 0 Å². The third-order valence-corrected chi connectivity index (χ3v) is 5.30. The van der Waals surface area contributed by atoms with Crippen LogP contribution < -0.4 is 21.4 Å². The summed E-state index contributed by atoms with van der Waals surface area (Å²) in [5, 5.41) is 12.5. The highest BCUT2D eigenvalue weighted by atomic mass is 35.5. The lowest BCUT2D eigenvalue weighted by Gasteiger charge is -2.17. The molecule has 0 aliphatic carbocycles. The molecular formula is C24H21ClN6O5. The second-order valence-electron chi connectivity index (χ2n) is 7.97. The number of rotatable bonds is 8. The van der Waals surface area contributed by atoms with Crippen LogP contribution in [0.5, 0.6) is 11.6 Å². The summed E-state index contributed by atoms with van der Waals surface area (Å²) in [6, 6.07) is 13.3. The largest absolute Gasteiger partial charge is 0.476 e. The van der Waals surface area contributed by atoms with Crippen molar-refractivity contribution in [2.45, 2.75) is 26.4 Å². The van der Waals surface area contributed by atoms with Gasteiger partial charge in [-0.2, -0.15) is 4.98 Å². The fourth-order valence-electron chi connectivity index (χ4n) is 3.29. The average molecular weight is 509 g/mol. The minimum Gasteiger partial charge on any atom is -0.476 e. The van der Waals surface area contributed by atoms with E-state index in [-0.39, 0.29) is 30.1 Å². The molecule has 0 radical (unpaired) electrons. The summed E-state index contributed by atoms with van der Waals surface area (Å²) in [4.78, 5) is 48.4. The van der Waals surface area contributed by atoms with Crippen molar-refractivity contribution in [3.8, 4) is 11.6 Å². The summed E-state index contributed by atoms with van der Waals surface area (Å²) in [5.74, 6) is -0.564. The number of carboxylic acids is 1. The smallest absolute Gasteiger partial charge is 0.356 e. The summed E-state index contributed by atoms with van der Waals surface area (Å²) in [7, 11) is 0. The molecule has 4 rings (SSSR count). The van der Waals surface area contributed by atoms with Crippen LogP contribution in [0.4, 0.5) is 11.6 Å². The van der Waals surface area contributed by atoms with Crippen LogP contribution in [0.15, 0.2) is 70.5 Å². The number of aromatic nitrogens is 5. The van der Waals surface area contributed by atoms with E-state index in [9.17, 15) is 14.4 Å². The van der Waals surface area contributed by atoms with Crippen LogP contribution in [0.2, 0.25) is 5.02 Å². The average Bonchev–Trinajstić information content (AvgIpc) is 2.84. The second-order valence-corrected chi connectivity index (χ2v) is 8.41. The second kappa shape index (κ2) is 10.4. The molecule has 0 unspecified atom stereocenters. The van der Waals surface area contributed by atoms with Gasteiger partial charge in [-0.3, -0.25) is 4.57 Å². The fraction of sp³-hybridized carbons (Fsp3) is 0.167. The number of hydrogen-bond acceptors (Lipinski definition) is 8. The molecule has 2 aromatic heterocycles. The zero-order valence-electron chi connectivity index (χ0n) is 19.3. The van der Waals surface area contributed by atoms with E-state index in [4.69, 9.17) is 21.4 Å². The number of benzene rings is 2. The minimum atomic E-state index is -1.19. The van der Waals surface area contributed by atoms with Crippen molar-refractivity contribution in [3.63, 3.8) is 0 Å². The van der Waals surface area contributed by atoms with E-state index in [1.165, 1.54) is 10.8 Å². The molecule has 0 saturated heterocycles. The minimum absolute atomic E-state index is 0.0839. The molecule has 2 N–H and O–H groups in total. The Morgan fingerprint density at radius 3 is 2.33 bits per heavy atom. The summed E-state index contributed by atoms with van der Waals surface area (Å²) < 4.78 is 8.06. The number of carboxylic acid groups (broad SMARTS) is 1. The van der Waals surface area contributed by atoms with E-state index in [1.54, 1.807) is 62.4 Å². The molecule has 0 saturated carbocycles. The van der Waals surface area contributed by atoms with Gasteiger partial charge in [-0.25, -0.2) is 28.9 Å². The number of nitrogens with zero attached hydrogens (tertiary/aromatic N) is 5. The molecule has 0 spiro atoms.